The van der Waals surface area contributed by atoms with E-state index in [1.54, 1.807) is 20.8 Å². The van der Waals surface area contributed by atoms with Crippen LogP contribution in [0.4, 0.5) is 26.3 Å². The number of rotatable bonds is 4. The van der Waals surface area contributed by atoms with Gasteiger partial charge >= 0.3 is 11.7 Å². The van der Waals surface area contributed by atoms with Gasteiger partial charge in [-0.05, 0) is 20.8 Å². The SMILES string of the molecule is CC[N+](CC)(CC)CC(F)(F)F.O=S(=O)([O-])C(F)(F)F. The Morgan fingerprint density at radius 2 is 1.15 bits per heavy atom. The lowest BCUT2D eigenvalue weighted by Gasteiger charge is -2.36. The van der Waals surface area contributed by atoms with Gasteiger partial charge in [0, 0.05) is 0 Å². The molecule has 0 saturated carbocycles. The fourth-order valence-corrected chi connectivity index (χ4v) is 1.39. The van der Waals surface area contributed by atoms with Gasteiger partial charge in [-0.2, -0.15) is 26.3 Å². The van der Waals surface area contributed by atoms with Crippen LogP contribution in [0, 0.1) is 0 Å². The minimum absolute atomic E-state index is 0.142. The van der Waals surface area contributed by atoms with Crippen molar-refractivity contribution in [1.29, 1.82) is 0 Å². The highest BCUT2D eigenvalue weighted by atomic mass is 32.2. The summed E-state index contributed by atoms with van der Waals surface area (Å²) in [5, 5.41) is 0. The molecular weight excluding hydrogens is 316 g/mol. The number of nitrogens with zero attached hydrogens (tertiary/aromatic N) is 1. The molecule has 0 atom stereocenters. The summed E-state index contributed by atoms with van der Waals surface area (Å²) in [4.78, 5) is 0. The molecule has 20 heavy (non-hydrogen) atoms. The van der Waals surface area contributed by atoms with Crippen LogP contribution < -0.4 is 0 Å². The van der Waals surface area contributed by atoms with Gasteiger partial charge in [-0.25, -0.2) is 8.42 Å². The molecule has 0 aromatic rings. The summed E-state index contributed by atoms with van der Waals surface area (Å²) in [6.07, 6.45) is -4.04. The third kappa shape index (κ3) is 8.59. The monoisotopic (exact) mass is 333 g/mol. The first-order chi connectivity index (χ1) is 8.64. The molecule has 0 unspecified atom stereocenters. The average Bonchev–Trinajstić information content (AvgIpc) is 2.23. The van der Waals surface area contributed by atoms with E-state index in [4.69, 9.17) is 13.0 Å². The van der Waals surface area contributed by atoms with E-state index in [2.05, 4.69) is 0 Å². The maximum Gasteiger partial charge on any atom is 0.485 e. The minimum Gasteiger partial charge on any atom is -0.741 e. The average molecular weight is 333 g/mol. The van der Waals surface area contributed by atoms with Gasteiger partial charge in [-0.3, -0.25) is 0 Å². The van der Waals surface area contributed by atoms with Crippen LogP contribution in [0.2, 0.25) is 0 Å². The molecule has 0 aliphatic heterocycles. The third-order valence-corrected chi connectivity index (χ3v) is 3.38. The maximum absolute atomic E-state index is 12.1. The fraction of sp³-hybridized carbons (Fsp3) is 1.00. The molecule has 0 heterocycles. The predicted molar refractivity (Wildman–Crippen MR) is 58.6 cm³/mol. The van der Waals surface area contributed by atoms with Crippen molar-refractivity contribution in [2.24, 2.45) is 0 Å². The molecule has 0 spiro atoms. The molecule has 0 bridgehead atoms. The molecular formula is C9H17F6NO3S. The lowest BCUT2D eigenvalue weighted by atomic mass is 10.3. The van der Waals surface area contributed by atoms with E-state index in [9.17, 15) is 26.3 Å². The van der Waals surface area contributed by atoms with Crippen LogP contribution in [0.25, 0.3) is 0 Å². The highest BCUT2D eigenvalue weighted by Crippen LogP contribution is 2.21. The van der Waals surface area contributed by atoms with Crippen LogP contribution in [-0.4, -0.2) is 55.3 Å². The molecule has 0 aromatic heterocycles. The molecule has 0 saturated heterocycles. The van der Waals surface area contributed by atoms with Gasteiger partial charge in [0.25, 0.3) is 0 Å². The minimum atomic E-state index is -6.09. The first-order valence-electron chi connectivity index (χ1n) is 5.58. The molecule has 0 rings (SSSR count). The van der Waals surface area contributed by atoms with Gasteiger partial charge in [0.05, 0.1) is 19.6 Å². The summed E-state index contributed by atoms with van der Waals surface area (Å²) >= 11 is 0. The Balaban J connectivity index is 0. The highest BCUT2D eigenvalue weighted by molar-refractivity contribution is 7.86. The zero-order valence-electron chi connectivity index (χ0n) is 11.2. The molecule has 0 N–H and O–H groups in total. The lowest BCUT2D eigenvalue weighted by molar-refractivity contribution is -0.932. The molecule has 0 aromatic carbocycles. The predicted octanol–water partition coefficient (Wildman–Crippen LogP) is 2.48. The number of hydrogen-bond donors (Lipinski definition) is 0. The van der Waals surface area contributed by atoms with Crippen LogP contribution in [0.1, 0.15) is 20.8 Å². The third-order valence-electron chi connectivity index (χ3n) is 2.81. The quantitative estimate of drug-likeness (QED) is 0.344. The molecule has 0 aliphatic carbocycles. The summed E-state index contributed by atoms with van der Waals surface area (Å²) in [5.74, 6) is 0. The van der Waals surface area contributed by atoms with Crippen molar-refractivity contribution in [2.75, 3.05) is 26.2 Å². The number of halogens is 6. The van der Waals surface area contributed by atoms with E-state index in [0.29, 0.717) is 19.6 Å². The second kappa shape index (κ2) is 7.46. The van der Waals surface area contributed by atoms with Gasteiger partial charge < -0.3 is 9.04 Å². The van der Waals surface area contributed by atoms with Crippen molar-refractivity contribution in [3.63, 3.8) is 0 Å². The van der Waals surface area contributed by atoms with Crippen molar-refractivity contribution in [3.05, 3.63) is 0 Å². The summed E-state index contributed by atoms with van der Waals surface area (Å²) in [6.45, 7) is 6.36. The largest absolute Gasteiger partial charge is 0.741 e. The van der Waals surface area contributed by atoms with E-state index >= 15 is 0 Å². The van der Waals surface area contributed by atoms with Crippen LogP contribution in [0.15, 0.2) is 0 Å². The standard InChI is InChI=1S/C8H17F3N.CHF3O3S/c1-4-12(5-2,6-3)7-8(9,10)11;2-1(3,4)8(5,6)7/h4-7H2,1-3H3;(H,5,6,7)/q+1;/p-1. The van der Waals surface area contributed by atoms with Crippen LogP contribution >= 0.6 is 0 Å². The zero-order chi connectivity index (χ0) is 16.8. The van der Waals surface area contributed by atoms with Gasteiger partial charge in [-0.1, -0.05) is 0 Å². The molecule has 0 fully saturated rings. The van der Waals surface area contributed by atoms with E-state index < -0.39 is 28.3 Å². The Morgan fingerprint density at radius 1 is 0.900 bits per heavy atom. The summed E-state index contributed by atoms with van der Waals surface area (Å²) in [7, 11) is -6.09. The van der Waals surface area contributed by atoms with Crippen molar-refractivity contribution in [3.8, 4) is 0 Å². The Hall–Kier alpha value is -0.550. The van der Waals surface area contributed by atoms with E-state index in [1.807, 2.05) is 0 Å². The molecule has 0 radical (unpaired) electrons. The second-order valence-corrected chi connectivity index (χ2v) is 5.33. The topological polar surface area (TPSA) is 57.2 Å². The first kappa shape index (κ1) is 21.7. The Kier molecular flexibility index (Phi) is 8.11. The van der Waals surface area contributed by atoms with E-state index in [0.717, 1.165) is 0 Å². The normalized spacial score (nSPS) is 13.7. The second-order valence-electron chi connectivity index (χ2n) is 3.96. The Bertz CT molecular complexity index is 364. The van der Waals surface area contributed by atoms with E-state index in [1.165, 1.54) is 0 Å². The van der Waals surface area contributed by atoms with Crippen molar-refractivity contribution >= 4 is 10.1 Å². The number of quaternary nitrogens is 1. The molecule has 11 heteroatoms. The van der Waals surface area contributed by atoms with Crippen LogP contribution in [0.3, 0.4) is 0 Å². The first-order valence-corrected chi connectivity index (χ1v) is 6.99. The van der Waals surface area contributed by atoms with Crippen LogP contribution in [0.5, 0.6) is 0 Å². The summed E-state index contributed by atoms with van der Waals surface area (Å²) < 4.78 is 95.3. The van der Waals surface area contributed by atoms with Crippen molar-refractivity contribution in [2.45, 2.75) is 32.5 Å². The number of hydrogen-bond acceptors (Lipinski definition) is 3. The highest BCUT2D eigenvalue weighted by Gasteiger charge is 2.39. The Labute approximate surface area is 113 Å². The van der Waals surface area contributed by atoms with Gasteiger partial charge in [-0.15, -0.1) is 0 Å². The van der Waals surface area contributed by atoms with E-state index in [-0.39, 0.29) is 4.48 Å². The molecule has 0 amide bonds. The summed E-state index contributed by atoms with van der Waals surface area (Å²) in [6, 6.07) is 0. The smallest absolute Gasteiger partial charge is 0.485 e. The van der Waals surface area contributed by atoms with Gasteiger partial charge in [0.2, 0.25) is 0 Å². The fourth-order valence-electron chi connectivity index (χ4n) is 1.39. The van der Waals surface area contributed by atoms with Crippen molar-refractivity contribution < 1.29 is 43.8 Å². The maximum atomic E-state index is 12.1. The van der Waals surface area contributed by atoms with Crippen molar-refractivity contribution in [1.82, 2.24) is 0 Å². The molecule has 124 valence electrons. The molecule has 0 aliphatic rings. The zero-order valence-corrected chi connectivity index (χ0v) is 12.0. The van der Waals surface area contributed by atoms with Gasteiger partial charge in [0.1, 0.15) is 0 Å². The molecule has 4 nitrogen and oxygen atoms in total. The van der Waals surface area contributed by atoms with Crippen LogP contribution in [-0.2, 0) is 10.1 Å². The Morgan fingerprint density at radius 3 is 1.20 bits per heavy atom. The number of alkyl halides is 6. The van der Waals surface area contributed by atoms with Gasteiger partial charge in [0.15, 0.2) is 16.7 Å². The lowest BCUT2D eigenvalue weighted by Crippen LogP contribution is -2.52. The summed E-state index contributed by atoms with van der Waals surface area (Å²) in [5.41, 5.74) is -5.65.